The van der Waals surface area contributed by atoms with Gasteiger partial charge in [-0.3, -0.25) is 0 Å². The number of rotatable bonds is 5. The lowest BCUT2D eigenvalue weighted by atomic mass is 9.92. The topological polar surface area (TPSA) is 12.0 Å². The van der Waals surface area contributed by atoms with Crippen molar-refractivity contribution in [3.63, 3.8) is 0 Å². The Morgan fingerprint density at radius 2 is 1.65 bits per heavy atom. The molecule has 0 aliphatic heterocycles. The van der Waals surface area contributed by atoms with Gasteiger partial charge in [-0.05, 0) is 56.7 Å². The highest BCUT2D eigenvalue weighted by Gasteiger charge is 2.20. The third-order valence-electron chi connectivity index (χ3n) is 4.61. The molecule has 0 bridgehead atoms. The summed E-state index contributed by atoms with van der Waals surface area (Å²) in [5.41, 5.74) is 1.42. The van der Waals surface area contributed by atoms with Crippen LogP contribution in [0.4, 0.5) is 0 Å². The standard InChI is InChI=1S/C18H28BrN/c1-14(13-16-9-11-18(19)12-10-16)20-15(2)17-7-5-3-4-6-8-17/h9-12,14-15,17,20H,3-8,13H2,1-2H3/t14?,15-/m1/s1. The number of hydrogen-bond acceptors (Lipinski definition) is 1. The van der Waals surface area contributed by atoms with Crippen LogP contribution < -0.4 is 5.32 Å². The second kappa shape index (κ2) is 8.19. The molecule has 20 heavy (non-hydrogen) atoms. The summed E-state index contributed by atoms with van der Waals surface area (Å²) in [6, 6.07) is 9.91. The van der Waals surface area contributed by atoms with E-state index in [1.165, 1.54) is 44.1 Å². The van der Waals surface area contributed by atoms with Crippen molar-refractivity contribution < 1.29 is 0 Å². The van der Waals surface area contributed by atoms with Gasteiger partial charge in [-0.1, -0.05) is 53.7 Å². The fourth-order valence-corrected chi connectivity index (χ4v) is 3.69. The van der Waals surface area contributed by atoms with Gasteiger partial charge in [-0.25, -0.2) is 0 Å². The number of nitrogens with one attached hydrogen (secondary N) is 1. The molecule has 0 spiro atoms. The molecule has 0 amide bonds. The third-order valence-corrected chi connectivity index (χ3v) is 5.14. The minimum absolute atomic E-state index is 0.550. The third kappa shape index (κ3) is 5.21. The van der Waals surface area contributed by atoms with Gasteiger partial charge < -0.3 is 5.32 Å². The summed E-state index contributed by atoms with van der Waals surface area (Å²) in [4.78, 5) is 0. The Kier molecular flexibility index (Phi) is 6.57. The Bertz CT molecular complexity index is 379. The van der Waals surface area contributed by atoms with Crippen molar-refractivity contribution in [1.29, 1.82) is 0 Å². The lowest BCUT2D eigenvalue weighted by Gasteiger charge is -2.27. The molecule has 0 aromatic heterocycles. The molecule has 0 heterocycles. The molecule has 2 atom stereocenters. The number of benzene rings is 1. The van der Waals surface area contributed by atoms with Crippen molar-refractivity contribution >= 4 is 15.9 Å². The van der Waals surface area contributed by atoms with Gasteiger partial charge in [0.15, 0.2) is 0 Å². The first-order chi connectivity index (χ1) is 9.65. The molecule has 1 nitrogen and oxygen atoms in total. The summed E-state index contributed by atoms with van der Waals surface area (Å²) in [5, 5.41) is 3.83. The Hall–Kier alpha value is -0.340. The van der Waals surface area contributed by atoms with E-state index < -0.39 is 0 Å². The quantitative estimate of drug-likeness (QED) is 0.716. The molecule has 1 N–H and O–H groups in total. The fourth-order valence-electron chi connectivity index (χ4n) is 3.43. The van der Waals surface area contributed by atoms with Gasteiger partial charge in [0.1, 0.15) is 0 Å². The van der Waals surface area contributed by atoms with Crippen molar-refractivity contribution in [2.75, 3.05) is 0 Å². The predicted octanol–water partition coefficient (Wildman–Crippen LogP) is 5.33. The van der Waals surface area contributed by atoms with Gasteiger partial charge in [-0.2, -0.15) is 0 Å². The van der Waals surface area contributed by atoms with Crippen LogP contribution in [0.2, 0.25) is 0 Å². The highest BCUT2D eigenvalue weighted by atomic mass is 79.9. The summed E-state index contributed by atoms with van der Waals surface area (Å²) in [5.74, 6) is 0.880. The second-order valence-corrected chi connectivity index (χ2v) is 7.35. The summed E-state index contributed by atoms with van der Waals surface area (Å²) >= 11 is 3.50. The fraction of sp³-hybridized carbons (Fsp3) is 0.667. The smallest absolute Gasteiger partial charge is 0.0175 e. The summed E-state index contributed by atoms with van der Waals surface area (Å²) < 4.78 is 1.16. The van der Waals surface area contributed by atoms with Crippen LogP contribution in [-0.4, -0.2) is 12.1 Å². The number of halogens is 1. The maximum absolute atomic E-state index is 3.83. The molecule has 1 unspecified atom stereocenters. The summed E-state index contributed by atoms with van der Waals surface area (Å²) in [6.07, 6.45) is 9.69. The molecule has 0 radical (unpaired) electrons. The van der Waals surface area contributed by atoms with Gasteiger partial charge in [0, 0.05) is 16.6 Å². The van der Waals surface area contributed by atoms with Crippen molar-refractivity contribution in [3.05, 3.63) is 34.3 Å². The molecule has 2 heteroatoms. The highest BCUT2D eigenvalue weighted by molar-refractivity contribution is 9.10. The summed E-state index contributed by atoms with van der Waals surface area (Å²) in [7, 11) is 0. The Morgan fingerprint density at radius 3 is 2.25 bits per heavy atom. The summed E-state index contributed by atoms with van der Waals surface area (Å²) in [6.45, 7) is 4.70. The lowest BCUT2D eigenvalue weighted by molar-refractivity contribution is 0.314. The minimum Gasteiger partial charge on any atom is -0.311 e. The molecule has 112 valence electrons. The first kappa shape index (κ1) is 16.0. The molecule has 0 saturated heterocycles. The van der Waals surface area contributed by atoms with Crippen LogP contribution in [-0.2, 0) is 6.42 Å². The lowest BCUT2D eigenvalue weighted by Crippen LogP contribution is -2.40. The predicted molar refractivity (Wildman–Crippen MR) is 91.1 cm³/mol. The molecular formula is C18H28BrN. The molecule has 1 aliphatic rings. The zero-order chi connectivity index (χ0) is 14.4. The van der Waals surface area contributed by atoms with Crippen LogP contribution in [0.25, 0.3) is 0 Å². The van der Waals surface area contributed by atoms with Gasteiger partial charge in [0.05, 0.1) is 0 Å². The maximum Gasteiger partial charge on any atom is 0.0175 e. The van der Waals surface area contributed by atoms with Crippen LogP contribution >= 0.6 is 15.9 Å². The van der Waals surface area contributed by atoms with E-state index in [0.717, 1.165) is 16.8 Å². The first-order valence-corrected chi connectivity index (χ1v) is 8.95. The normalized spacial score (nSPS) is 20.4. The van der Waals surface area contributed by atoms with E-state index in [-0.39, 0.29) is 0 Å². The van der Waals surface area contributed by atoms with Crippen LogP contribution in [0, 0.1) is 5.92 Å². The van der Waals surface area contributed by atoms with Crippen molar-refractivity contribution in [2.45, 2.75) is 70.9 Å². The molecule has 1 aliphatic carbocycles. The second-order valence-electron chi connectivity index (χ2n) is 6.44. The van der Waals surface area contributed by atoms with E-state index in [9.17, 15) is 0 Å². The monoisotopic (exact) mass is 337 g/mol. The minimum atomic E-state index is 0.550. The van der Waals surface area contributed by atoms with Crippen molar-refractivity contribution in [3.8, 4) is 0 Å². The molecule has 1 aromatic carbocycles. The van der Waals surface area contributed by atoms with E-state index in [1.54, 1.807) is 0 Å². The van der Waals surface area contributed by atoms with E-state index in [4.69, 9.17) is 0 Å². The highest BCUT2D eigenvalue weighted by Crippen LogP contribution is 2.25. The van der Waals surface area contributed by atoms with Gasteiger partial charge in [0.25, 0.3) is 0 Å². The Balaban J connectivity index is 1.80. The molecule has 1 saturated carbocycles. The van der Waals surface area contributed by atoms with Gasteiger partial charge in [-0.15, -0.1) is 0 Å². The SMILES string of the molecule is CC(Cc1ccc(Br)cc1)N[C@H](C)C1CCCCCC1. The van der Waals surface area contributed by atoms with Crippen LogP contribution in [0.15, 0.2) is 28.7 Å². The Labute approximate surface area is 132 Å². The van der Waals surface area contributed by atoms with Gasteiger partial charge >= 0.3 is 0 Å². The van der Waals surface area contributed by atoms with Gasteiger partial charge in [0.2, 0.25) is 0 Å². The first-order valence-electron chi connectivity index (χ1n) is 8.15. The largest absolute Gasteiger partial charge is 0.311 e. The zero-order valence-corrected chi connectivity index (χ0v) is 14.5. The van der Waals surface area contributed by atoms with Crippen molar-refractivity contribution in [2.24, 2.45) is 5.92 Å². The zero-order valence-electron chi connectivity index (χ0n) is 12.9. The van der Waals surface area contributed by atoms with Crippen molar-refractivity contribution in [1.82, 2.24) is 5.32 Å². The van der Waals surface area contributed by atoms with Crippen LogP contribution in [0.1, 0.15) is 57.9 Å². The Morgan fingerprint density at radius 1 is 1.05 bits per heavy atom. The molecule has 1 fully saturated rings. The number of hydrogen-bond donors (Lipinski definition) is 1. The molecule has 2 rings (SSSR count). The van der Waals surface area contributed by atoms with E-state index >= 15 is 0 Å². The molecular weight excluding hydrogens is 310 g/mol. The van der Waals surface area contributed by atoms with E-state index in [0.29, 0.717) is 12.1 Å². The maximum atomic E-state index is 3.83. The van der Waals surface area contributed by atoms with E-state index in [2.05, 4.69) is 59.4 Å². The molecule has 1 aromatic rings. The average Bonchev–Trinajstić information content (AvgIpc) is 2.70. The van der Waals surface area contributed by atoms with E-state index in [1.807, 2.05) is 0 Å². The van der Waals surface area contributed by atoms with Crippen LogP contribution in [0.3, 0.4) is 0 Å². The van der Waals surface area contributed by atoms with Crippen LogP contribution in [0.5, 0.6) is 0 Å². The average molecular weight is 338 g/mol.